The molecule has 4 N–H and O–H groups in total. The zero-order valence-corrected chi connectivity index (χ0v) is 23.7. The predicted molar refractivity (Wildman–Crippen MR) is 151 cm³/mol. The maximum absolute atomic E-state index is 13.2. The Hall–Kier alpha value is -4.16. The number of aliphatic hydroxyl groups excluding tert-OH is 1. The van der Waals surface area contributed by atoms with Gasteiger partial charge in [-0.15, -0.1) is 10.2 Å². The summed E-state index contributed by atoms with van der Waals surface area (Å²) in [5, 5.41) is 31.4. The maximum atomic E-state index is 13.2. The van der Waals surface area contributed by atoms with E-state index in [0.29, 0.717) is 24.4 Å². The Morgan fingerprint density at radius 2 is 2.02 bits per heavy atom. The normalized spacial score (nSPS) is 21.0. The van der Waals surface area contributed by atoms with Gasteiger partial charge in [0.1, 0.15) is 0 Å². The van der Waals surface area contributed by atoms with Crippen molar-refractivity contribution in [1.29, 1.82) is 0 Å². The van der Waals surface area contributed by atoms with Gasteiger partial charge in [0.05, 0.1) is 35.4 Å². The summed E-state index contributed by atoms with van der Waals surface area (Å²) in [5.74, 6) is 0.475. The Labute approximate surface area is 238 Å². The van der Waals surface area contributed by atoms with E-state index >= 15 is 0 Å². The van der Waals surface area contributed by atoms with Gasteiger partial charge in [-0.3, -0.25) is 14.8 Å². The Kier molecular flexibility index (Phi) is 7.04. The summed E-state index contributed by atoms with van der Waals surface area (Å²) in [6.07, 6.45) is 5.43. The molecule has 1 aromatic carbocycles. The number of amides is 1. The van der Waals surface area contributed by atoms with Crippen molar-refractivity contribution in [3.63, 3.8) is 0 Å². The average molecular weight is 558 g/mol. The molecule has 3 aromatic heterocycles. The van der Waals surface area contributed by atoms with Crippen LogP contribution in [0.15, 0.2) is 41.1 Å². The lowest BCUT2D eigenvalue weighted by Gasteiger charge is -2.40. The van der Waals surface area contributed by atoms with Crippen LogP contribution < -0.4 is 10.6 Å². The minimum absolute atomic E-state index is 0.0369. The minimum Gasteiger partial charge on any atom is -0.416 e. The lowest BCUT2D eigenvalue weighted by Crippen LogP contribution is -2.47. The molecule has 1 atom stereocenters. The number of hydrogen-bond donors (Lipinski definition) is 4. The van der Waals surface area contributed by atoms with Gasteiger partial charge in [-0.2, -0.15) is 5.10 Å². The van der Waals surface area contributed by atoms with Crippen LogP contribution in [0, 0.1) is 6.92 Å². The van der Waals surface area contributed by atoms with Crippen molar-refractivity contribution in [3.05, 3.63) is 65.3 Å². The van der Waals surface area contributed by atoms with Crippen LogP contribution in [0.5, 0.6) is 0 Å². The van der Waals surface area contributed by atoms with E-state index in [4.69, 9.17) is 9.40 Å². The molecule has 0 saturated heterocycles. The molecule has 41 heavy (non-hydrogen) atoms. The molecule has 1 amide bonds. The highest BCUT2D eigenvalue weighted by Crippen LogP contribution is 2.35. The Morgan fingerprint density at radius 1 is 1.20 bits per heavy atom. The molecular formula is C29H35N9O3. The summed E-state index contributed by atoms with van der Waals surface area (Å²) in [5.41, 5.74) is 5.24. The predicted octanol–water partition coefficient (Wildman–Crippen LogP) is 3.80. The van der Waals surface area contributed by atoms with Crippen molar-refractivity contribution >= 4 is 17.5 Å². The summed E-state index contributed by atoms with van der Waals surface area (Å²) in [6.45, 7) is 9.31. The second-order valence-corrected chi connectivity index (χ2v) is 11.9. The highest BCUT2D eigenvalue weighted by Gasteiger charge is 2.35. The van der Waals surface area contributed by atoms with Gasteiger partial charge in [-0.1, -0.05) is 32.9 Å². The number of nitrogens with zero attached hydrogens (tertiary/aromatic N) is 6. The fourth-order valence-corrected chi connectivity index (χ4v) is 5.32. The molecule has 4 heterocycles. The molecule has 12 nitrogen and oxygen atoms in total. The van der Waals surface area contributed by atoms with E-state index in [1.165, 1.54) is 0 Å². The van der Waals surface area contributed by atoms with Crippen molar-refractivity contribution in [2.75, 3.05) is 11.9 Å². The summed E-state index contributed by atoms with van der Waals surface area (Å²) in [6, 6.07) is 8.20. The van der Waals surface area contributed by atoms with Gasteiger partial charge in [0.2, 0.25) is 11.8 Å². The number of hydrogen-bond acceptors (Lipinski definition) is 10. The van der Waals surface area contributed by atoms with Gasteiger partial charge in [0, 0.05) is 36.3 Å². The fourth-order valence-electron chi connectivity index (χ4n) is 5.32. The molecule has 1 unspecified atom stereocenters. The van der Waals surface area contributed by atoms with Crippen LogP contribution in [0.25, 0.3) is 11.3 Å². The standard InChI is InChI=1S/C29H35N9O3/c1-16-24(14-31-35-16)34-28-30-9-7-22(33-28)17-5-6-21-18(11-17)15-38(19-12-20(39)13-19)10-8-23(21)32-25(40)26-36-37-27(41-26)29(2,3)4/h5-7,9,11,14,19-20,23,39H,8,10,12-13,15H2,1-4H3,(H,31,35)(H,32,40)(H,30,33,34). The molecule has 2 aliphatic rings. The molecule has 0 radical (unpaired) electrons. The molecule has 12 heteroatoms. The van der Waals surface area contributed by atoms with Crippen molar-refractivity contribution in [2.45, 2.75) is 77.1 Å². The van der Waals surface area contributed by atoms with Crippen LogP contribution in [-0.4, -0.2) is 65.0 Å². The molecule has 4 aromatic rings. The molecule has 1 aliphatic heterocycles. The smallest absolute Gasteiger partial charge is 0.309 e. The van der Waals surface area contributed by atoms with E-state index < -0.39 is 0 Å². The number of carbonyl (C=O) groups is 1. The number of carbonyl (C=O) groups excluding carboxylic acids is 1. The molecular weight excluding hydrogens is 522 g/mol. The second kappa shape index (κ2) is 10.7. The summed E-state index contributed by atoms with van der Waals surface area (Å²) >= 11 is 0. The Morgan fingerprint density at radius 3 is 2.73 bits per heavy atom. The molecule has 1 saturated carbocycles. The second-order valence-electron chi connectivity index (χ2n) is 11.9. The zero-order valence-electron chi connectivity index (χ0n) is 23.7. The van der Waals surface area contributed by atoms with Gasteiger partial charge < -0.3 is 20.2 Å². The largest absolute Gasteiger partial charge is 0.416 e. The van der Waals surface area contributed by atoms with Crippen molar-refractivity contribution < 1.29 is 14.3 Å². The summed E-state index contributed by atoms with van der Waals surface area (Å²) in [7, 11) is 0. The first kappa shape index (κ1) is 27.0. The topological polar surface area (TPSA) is 158 Å². The lowest BCUT2D eigenvalue weighted by molar-refractivity contribution is -0.00200. The van der Waals surface area contributed by atoms with Crippen LogP contribution in [0.4, 0.5) is 11.6 Å². The molecule has 1 fully saturated rings. The number of anilines is 2. The van der Waals surface area contributed by atoms with Crippen LogP contribution in [-0.2, 0) is 12.0 Å². The molecule has 1 aliphatic carbocycles. The average Bonchev–Trinajstić information content (AvgIpc) is 3.54. The van der Waals surface area contributed by atoms with E-state index in [0.717, 1.165) is 59.6 Å². The monoisotopic (exact) mass is 557 g/mol. The third-order valence-electron chi connectivity index (χ3n) is 7.80. The Balaban J connectivity index is 1.28. The maximum Gasteiger partial charge on any atom is 0.309 e. The van der Waals surface area contributed by atoms with Crippen LogP contribution >= 0.6 is 0 Å². The van der Waals surface area contributed by atoms with Gasteiger partial charge in [0.15, 0.2) is 0 Å². The third kappa shape index (κ3) is 5.70. The van der Waals surface area contributed by atoms with E-state index in [9.17, 15) is 9.90 Å². The van der Waals surface area contributed by atoms with E-state index in [1.807, 2.05) is 39.8 Å². The number of aromatic amines is 1. The van der Waals surface area contributed by atoms with E-state index in [-0.39, 0.29) is 29.4 Å². The summed E-state index contributed by atoms with van der Waals surface area (Å²) < 4.78 is 5.70. The van der Waals surface area contributed by atoms with Crippen LogP contribution in [0.1, 0.15) is 79.5 Å². The first-order valence-corrected chi connectivity index (χ1v) is 13.9. The molecule has 6 rings (SSSR count). The van der Waals surface area contributed by atoms with Crippen molar-refractivity contribution in [2.24, 2.45) is 0 Å². The number of aryl methyl sites for hydroxylation is 1. The first-order valence-electron chi connectivity index (χ1n) is 13.9. The van der Waals surface area contributed by atoms with Crippen LogP contribution in [0.2, 0.25) is 0 Å². The molecule has 0 spiro atoms. The van der Waals surface area contributed by atoms with E-state index in [2.05, 4.69) is 53.0 Å². The van der Waals surface area contributed by atoms with Gasteiger partial charge >= 0.3 is 11.8 Å². The van der Waals surface area contributed by atoms with Gasteiger partial charge in [0.25, 0.3) is 0 Å². The number of benzene rings is 1. The first-order chi connectivity index (χ1) is 19.6. The number of rotatable bonds is 6. The number of nitrogens with one attached hydrogen (secondary N) is 3. The minimum atomic E-state index is -0.387. The Bertz CT molecular complexity index is 1550. The fraction of sp³-hybridized carbons (Fsp3) is 0.448. The van der Waals surface area contributed by atoms with E-state index in [1.54, 1.807) is 12.4 Å². The molecule has 214 valence electrons. The number of fused-ring (bicyclic) bond motifs is 1. The lowest BCUT2D eigenvalue weighted by atomic mass is 9.88. The number of H-pyrrole nitrogens is 1. The zero-order chi connectivity index (χ0) is 28.7. The SMILES string of the molecule is Cc1[nH]ncc1Nc1nccc(-c2ccc3c(c2)CN(C2CC(O)C2)CCC3NC(=O)c2nnc(C(C)(C)C)o2)n1. The molecule has 0 bridgehead atoms. The quantitative estimate of drug-likeness (QED) is 0.275. The van der Waals surface area contributed by atoms with Crippen LogP contribution in [0.3, 0.4) is 0 Å². The highest BCUT2D eigenvalue weighted by molar-refractivity contribution is 5.89. The summed E-state index contributed by atoms with van der Waals surface area (Å²) in [4.78, 5) is 24.7. The third-order valence-corrected chi connectivity index (χ3v) is 7.80. The number of aliphatic hydroxyl groups is 1. The highest BCUT2D eigenvalue weighted by atomic mass is 16.4. The van der Waals surface area contributed by atoms with Gasteiger partial charge in [-0.05, 0) is 49.4 Å². The van der Waals surface area contributed by atoms with Crippen molar-refractivity contribution in [3.8, 4) is 11.3 Å². The number of aromatic nitrogens is 6. The van der Waals surface area contributed by atoms with Gasteiger partial charge in [-0.25, -0.2) is 9.97 Å². The van der Waals surface area contributed by atoms with Crippen molar-refractivity contribution in [1.82, 2.24) is 40.6 Å².